The molecule has 0 bridgehead atoms. The van der Waals surface area contributed by atoms with E-state index in [1.807, 2.05) is 60.7 Å². The van der Waals surface area contributed by atoms with Crippen LogP contribution in [0.4, 0.5) is 0 Å². The third-order valence-electron chi connectivity index (χ3n) is 9.98. The van der Waals surface area contributed by atoms with Gasteiger partial charge in [-0.3, -0.25) is 4.79 Å². The van der Waals surface area contributed by atoms with Gasteiger partial charge in [0.1, 0.15) is 0 Å². The zero-order chi connectivity index (χ0) is 32.9. The van der Waals surface area contributed by atoms with E-state index in [1.165, 1.54) is 0 Å². The van der Waals surface area contributed by atoms with Gasteiger partial charge < -0.3 is 34.3 Å². The van der Waals surface area contributed by atoms with Crippen LogP contribution in [0.3, 0.4) is 0 Å². The van der Waals surface area contributed by atoms with E-state index in [0.717, 1.165) is 65.9 Å². The highest BCUT2D eigenvalue weighted by molar-refractivity contribution is 5.94. The topological polar surface area (TPSA) is 89.5 Å². The van der Waals surface area contributed by atoms with E-state index >= 15 is 0 Å². The number of aliphatic hydroxyl groups is 1. The second-order valence-electron chi connectivity index (χ2n) is 13.1. The van der Waals surface area contributed by atoms with Crippen LogP contribution in [0, 0.1) is 5.92 Å². The maximum atomic E-state index is 12.7. The molecule has 1 amide bonds. The first-order valence-corrected chi connectivity index (χ1v) is 17.0. The van der Waals surface area contributed by atoms with Gasteiger partial charge in [-0.05, 0) is 39.9 Å². The van der Waals surface area contributed by atoms with Crippen molar-refractivity contribution < 1.29 is 28.8 Å². The second kappa shape index (κ2) is 14.7. The Morgan fingerprint density at radius 1 is 0.833 bits per heavy atom. The molecule has 1 spiro atoms. The van der Waals surface area contributed by atoms with Crippen molar-refractivity contribution in [3.63, 3.8) is 0 Å². The lowest BCUT2D eigenvalue weighted by atomic mass is 9.89. The van der Waals surface area contributed by atoms with Gasteiger partial charge >= 0.3 is 0 Å². The molecule has 0 aliphatic carbocycles. The van der Waals surface area contributed by atoms with Crippen LogP contribution < -0.4 is 5.32 Å². The van der Waals surface area contributed by atoms with E-state index < -0.39 is 12.1 Å². The molecule has 0 radical (unpaired) electrons. The van der Waals surface area contributed by atoms with Gasteiger partial charge in [0.05, 0.1) is 32.0 Å². The third-order valence-corrected chi connectivity index (χ3v) is 9.98. The van der Waals surface area contributed by atoms with Crippen molar-refractivity contribution in [1.29, 1.82) is 0 Å². The Balaban J connectivity index is 1.08. The molecular weight excluding hydrogens is 604 g/mol. The number of nitrogens with one attached hydrogen (secondary N) is 1. The summed E-state index contributed by atoms with van der Waals surface area (Å²) < 4.78 is 25.4. The SMILES string of the molecule is CC1C(CN2CCC3(CC2)OCCO3)OC(c2ccc(-c3ccccc3CNC(=O)c3ccccc3)cc2)OC1c1ccc(CO)cc1. The molecule has 8 heteroatoms. The summed E-state index contributed by atoms with van der Waals surface area (Å²) in [5, 5.41) is 12.7. The summed E-state index contributed by atoms with van der Waals surface area (Å²) in [6.45, 7) is 6.57. The summed E-state index contributed by atoms with van der Waals surface area (Å²) in [5.74, 6) is -0.402. The van der Waals surface area contributed by atoms with Crippen molar-refractivity contribution in [3.8, 4) is 11.1 Å². The van der Waals surface area contributed by atoms with Crippen molar-refractivity contribution in [2.75, 3.05) is 32.8 Å². The maximum Gasteiger partial charge on any atom is 0.251 e. The van der Waals surface area contributed by atoms with Gasteiger partial charge in [0.25, 0.3) is 5.91 Å². The zero-order valence-corrected chi connectivity index (χ0v) is 27.4. The molecular formula is C40H44N2O6. The fourth-order valence-corrected chi connectivity index (χ4v) is 7.09. The van der Waals surface area contributed by atoms with Crippen molar-refractivity contribution >= 4 is 5.91 Å². The molecule has 250 valence electrons. The zero-order valence-electron chi connectivity index (χ0n) is 27.4. The molecule has 3 aliphatic rings. The Labute approximate surface area is 282 Å². The lowest BCUT2D eigenvalue weighted by Gasteiger charge is -2.44. The Morgan fingerprint density at radius 3 is 2.21 bits per heavy atom. The highest BCUT2D eigenvalue weighted by atomic mass is 16.7. The van der Waals surface area contributed by atoms with Crippen LogP contribution in [0.2, 0.25) is 0 Å². The normalized spacial score (nSPS) is 24.0. The molecule has 3 saturated heterocycles. The number of likely N-dealkylation sites (tertiary alicyclic amines) is 1. The van der Waals surface area contributed by atoms with Gasteiger partial charge in [-0.25, -0.2) is 0 Å². The highest BCUT2D eigenvalue weighted by Gasteiger charge is 2.43. The highest BCUT2D eigenvalue weighted by Crippen LogP contribution is 2.43. The lowest BCUT2D eigenvalue weighted by Crippen LogP contribution is -2.50. The molecule has 4 atom stereocenters. The Morgan fingerprint density at radius 2 is 1.50 bits per heavy atom. The van der Waals surface area contributed by atoms with Crippen LogP contribution in [0.15, 0.2) is 103 Å². The van der Waals surface area contributed by atoms with Crippen LogP contribution in [-0.2, 0) is 32.1 Å². The van der Waals surface area contributed by atoms with E-state index in [9.17, 15) is 9.90 Å². The second-order valence-corrected chi connectivity index (χ2v) is 13.1. The summed E-state index contributed by atoms with van der Waals surface area (Å²) in [5.41, 5.74) is 6.70. The van der Waals surface area contributed by atoms with E-state index in [1.54, 1.807) is 0 Å². The molecule has 3 heterocycles. The van der Waals surface area contributed by atoms with E-state index in [-0.39, 0.29) is 30.6 Å². The first kappa shape index (κ1) is 32.6. The van der Waals surface area contributed by atoms with Crippen LogP contribution >= 0.6 is 0 Å². The Kier molecular flexibility index (Phi) is 10.00. The molecule has 4 aromatic rings. The standard InChI is InChI=1S/C40H44N2O6/c1-28-36(26-42-21-19-40(20-22-42)45-23-24-46-40)47-39(48-37(28)31-13-11-29(27-43)12-14-31)33-17-15-30(16-18-33)35-10-6-5-9-34(35)25-41-38(44)32-7-3-2-4-8-32/h2-18,28,36-37,39,43H,19-27H2,1H3,(H,41,44). The number of hydrogen-bond acceptors (Lipinski definition) is 7. The van der Waals surface area contributed by atoms with E-state index in [2.05, 4.69) is 59.6 Å². The van der Waals surface area contributed by atoms with Crippen LogP contribution in [0.1, 0.15) is 64.8 Å². The monoisotopic (exact) mass is 648 g/mol. The van der Waals surface area contributed by atoms with Crippen LogP contribution in [0.25, 0.3) is 11.1 Å². The first-order valence-electron chi connectivity index (χ1n) is 17.0. The first-order chi connectivity index (χ1) is 23.5. The molecule has 7 rings (SSSR count). The van der Waals surface area contributed by atoms with Crippen molar-refractivity contribution in [2.24, 2.45) is 5.92 Å². The number of amides is 1. The molecule has 0 aromatic heterocycles. The predicted octanol–water partition coefficient (Wildman–Crippen LogP) is 6.41. The number of carbonyl (C=O) groups excluding carboxylic acids is 1. The van der Waals surface area contributed by atoms with Crippen LogP contribution in [-0.4, -0.2) is 60.7 Å². The van der Waals surface area contributed by atoms with Crippen molar-refractivity contribution in [3.05, 3.63) is 131 Å². The minimum Gasteiger partial charge on any atom is -0.392 e. The average molecular weight is 649 g/mol. The van der Waals surface area contributed by atoms with Gasteiger partial charge in [0.15, 0.2) is 12.1 Å². The van der Waals surface area contributed by atoms with Gasteiger partial charge in [0, 0.05) is 56.1 Å². The number of benzene rings is 4. The molecule has 4 unspecified atom stereocenters. The molecule has 2 N–H and O–H groups in total. The molecule has 0 saturated carbocycles. The number of aliphatic hydroxyl groups excluding tert-OH is 1. The summed E-state index contributed by atoms with van der Waals surface area (Å²) in [4.78, 5) is 15.2. The van der Waals surface area contributed by atoms with Gasteiger partial charge in [-0.2, -0.15) is 0 Å². The minimum absolute atomic E-state index is 0.00840. The molecule has 3 aliphatic heterocycles. The summed E-state index contributed by atoms with van der Waals surface area (Å²) >= 11 is 0. The minimum atomic E-state index is -0.541. The predicted molar refractivity (Wildman–Crippen MR) is 183 cm³/mol. The van der Waals surface area contributed by atoms with Crippen molar-refractivity contribution in [2.45, 2.75) is 57.2 Å². The lowest BCUT2D eigenvalue weighted by molar-refractivity contribution is -0.278. The number of piperidine rings is 1. The molecule has 48 heavy (non-hydrogen) atoms. The third kappa shape index (κ3) is 7.25. The summed E-state index contributed by atoms with van der Waals surface area (Å²) in [6.07, 6.45) is 0.950. The summed E-state index contributed by atoms with van der Waals surface area (Å²) in [7, 11) is 0. The number of nitrogens with zero attached hydrogens (tertiary/aromatic N) is 1. The number of carbonyl (C=O) groups is 1. The Bertz CT molecular complexity index is 1650. The number of hydrogen-bond donors (Lipinski definition) is 2. The molecule has 4 aromatic carbocycles. The van der Waals surface area contributed by atoms with Crippen LogP contribution in [0.5, 0.6) is 0 Å². The number of ether oxygens (including phenoxy) is 4. The molecule has 8 nitrogen and oxygen atoms in total. The van der Waals surface area contributed by atoms with Crippen molar-refractivity contribution in [1.82, 2.24) is 10.2 Å². The summed E-state index contributed by atoms with van der Waals surface area (Å²) in [6, 6.07) is 33.8. The smallest absolute Gasteiger partial charge is 0.251 e. The Hall–Kier alpha value is -3.89. The van der Waals surface area contributed by atoms with Gasteiger partial charge in [-0.1, -0.05) is 97.9 Å². The van der Waals surface area contributed by atoms with Gasteiger partial charge in [-0.15, -0.1) is 0 Å². The number of rotatable bonds is 9. The molecule has 3 fully saturated rings. The van der Waals surface area contributed by atoms with Gasteiger partial charge in [0.2, 0.25) is 0 Å². The quantitative estimate of drug-likeness (QED) is 0.217. The maximum absolute atomic E-state index is 12.7. The fourth-order valence-electron chi connectivity index (χ4n) is 7.09. The largest absolute Gasteiger partial charge is 0.392 e. The fraction of sp³-hybridized carbons (Fsp3) is 0.375. The average Bonchev–Trinajstić information content (AvgIpc) is 3.61. The van der Waals surface area contributed by atoms with E-state index in [4.69, 9.17) is 18.9 Å². The van der Waals surface area contributed by atoms with E-state index in [0.29, 0.717) is 25.3 Å².